The van der Waals surface area contributed by atoms with Gasteiger partial charge in [0.1, 0.15) is 0 Å². The number of benzene rings is 1. The maximum atomic E-state index is 12.6. The van der Waals surface area contributed by atoms with Gasteiger partial charge in [-0.15, -0.1) is 11.6 Å². The van der Waals surface area contributed by atoms with E-state index in [0.717, 1.165) is 37.8 Å². The molecular formula is C16H22ClNO. The monoisotopic (exact) mass is 279 g/mol. The third-order valence-electron chi connectivity index (χ3n) is 3.94. The summed E-state index contributed by atoms with van der Waals surface area (Å²) in [5, 5.41) is 0. The maximum Gasteiger partial charge on any atom is 0.254 e. The molecule has 0 aliphatic carbocycles. The van der Waals surface area contributed by atoms with Crippen molar-refractivity contribution in [3.8, 4) is 0 Å². The Morgan fingerprint density at radius 2 is 2.05 bits per heavy atom. The Labute approximate surface area is 120 Å². The van der Waals surface area contributed by atoms with Gasteiger partial charge in [-0.3, -0.25) is 4.79 Å². The van der Waals surface area contributed by atoms with E-state index < -0.39 is 0 Å². The van der Waals surface area contributed by atoms with E-state index in [-0.39, 0.29) is 5.91 Å². The predicted octanol–water partition coefficient (Wildman–Crippen LogP) is 3.87. The Kier molecular flexibility index (Phi) is 5.26. The van der Waals surface area contributed by atoms with Crippen LogP contribution in [-0.2, 0) is 6.42 Å². The van der Waals surface area contributed by atoms with Gasteiger partial charge in [-0.1, -0.05) is 19.1 Å². The van der Waals surface area contributed by atoms with E-state index in [1.165, 1.54) is 12.0 Å². The van der Waals surface area contributed by atoms with Crippen LogP contribution in [0.3, 0.4) is 0 Å². The molecule has 0 bridgehead atoms. The summed E-state index contributed by atoms with van der Waals surface area (Å²) in [5.41, 5.74) is 2.08. The molecule has 1 aliphatic heterocycles. The van der Waals surface area contributed by atoms with Gasteiger partial charge >= 0.3 is 0 Å². The van der Waals surface area contributed by atoms with E-state index in [9.17, 15) is 4.79 Å². The lowest BCUT2D eigenvalue weighted by molar-refractivity contribution is 0.0609. The summed E-state index contributed by atoms with van der Waals surface area (Å²) >= 11 is 5.85. The molecule has 19 heavy (non-hydrogen) atoms. The zero-order chi connectivity index (χ0) is 13.7. The number of halogens is 1. The first kappa shape index (κ1) is 14.4. The molecule has 2 rings (SSSR count). The molecule has 1 fully saturated rings. The van der Waals surface area contributed by atoms with Gasteiger partial charge in [0.25, 0.3) is 5.91 Å². The van der Waals surface area contributed by atoms with Gasteiger partial charge in [0.05, 0.1) is 0 Å². The van der Waals surface area contributed by atoms with Gasteiger partial charge in [-0.05, 0) is 49.8 Å². The average Bonchev–Trinajstić information content (AvgIpc) is 2.47. The Balaban J connectivity index is 2.11. The molecule has 1 unspecified atom stereocenters. The maximum absolute atomic E-state index is 12.6. The van der Waals surface area contributed by atoms with Gasteiger partial charge in [0, 0.05) is 24.0 Å². The van der Waals surface area contributed by atoms with Crippen LogP contribution in [0.5, 0.6) is 0 Å². The highest BCUT2D eigenvalue weighted by Crippen LogP contribution is 2.22. The van der Waals surface area contributed by atoms with Crippen LogP contribution in [0, 0.1) is 0 Å². The normalized spacial score (nSPS) is 19.5. The van der Waals surface area contributed by atoms with Crippen LogP contribution < -0.4 is 0 Å². The minimum Gasteiger partial charge on any atom is -0.336 e. The third-order valence-corrected chi connectivity index (χ3v) is 4.16. The quantitative estimate of drug-likeness (QED) is 0.766. The number of nitrogens with zero attached hydrogens (tertiary/aromatic N) is 1. The van der Waals surface area contributed by atoms with Crippen LogP contribution in [-0.4, -0.2) is 29.3 Å². The van der Waals surface area contributed by atoms with E-state index in [2.05, 4.69) is 6.92 Å². The molecule has 1 aliphatic rings. The summed E-state index contributed by atoms with van der Waals surface area (Å²) in [7, 11) is 0. The van der Waals surface area contributed by atoms with Crippen molar-refractivity contribution >= 4 is 17.5 Å². The number of alkyl halides is 1. The van der Waals surface area contributed by atoms with Crippen molar-refractivity contribution in [3.05, 3.63) is 35.4 Å². The van der Waals surface area contributed by atoms with Crippen molar-refractivity contribution in [1.82, 2.24) is 4.90 Å². The summed E-state index contributed by atoms with van der Waals surface area (Å²) in [6.07, 6.45) is 5.32. The number of hydrogen-bond acceptors (Lipinski definition) is 1. The standard InChI is InChI=1S/C16H22ClNO/c1-2-13-6-8-14(9-7-13)16(19)18-12-4-3-5-15(18)10-11-17/h6-9,15H,2-5,10-12H2,1H3. The zero-order valence-corrected chi connectivity index (χ0v) is 12.3. The van der Waals surface area contributed by atoms with E-state index >= 15 is 0 Å². The molecule has 1 atom stereocenters. The fourth-order valence-electron chi connectivity index (χ4n) is 2.74. The minimum absolute atomic E-state index is 0.164. The number of likely N-dealkylation sites (tertiary alicyclic amines) is 1. The molecule has 0 spiro atoms. The molecule has 3 heteroatoms. The Morgan fingerprint density at radius 1 is 1.32 bits per heavy atom. The Morgan fingerprint density at radius 3 is 2.68 bits per heavy atom. The molecule has 1 saturated heterocycles. The molecular weight excluding hydrogens is 258 g/mol. The molecule has 0 N–H and O–H groups in total. The number of carbonyl (C=O) groups excluding carboxylic acids is 1. The number of carbonyl (C=O) groups is 1. The van der Waals surface area contributed by atoms with Gasteiger partial charge < -0.3 is 4.90 Å². The van der Waals surface area contributed by atoms with Crippen molar-refractivity contribution in [2.75, 3.05) is 12.4 Å². The number of rotatable bonds is 4. The van der Waals surface area contributed by atoms with Gasteiger partial charge in [0.2, 0.25) is 0 Å². The smallest absolute Gasteiger partial charge is 0.254 e. The second-order valence-corrected chi connectivity index (χ2v) is 5.55. The number of aryl methyl sites for hydroxylation is 1. The van der Waals surface area contributed by atoms with Crippen molar-refractivity contribution in [3.63, 3.8) is 0 Å². The van der Waals surface area contributed by atoms with Crippen LogP contribution in [0.4, 0.5) is 0 Å². The van der Waals surface area contributed by atoms with Crippen molar-refractivity contribution < 1.29 is 4.79 Å². The van der Waals surface area contributed by atoms with Gasteiger partial charge in [-0.25, -0.2) is 0 Å². The molecule has 1 amide bonds. The second-order valence-electron chi connectivity index (χ2n) is 5.18. The summed E-state index contributed by atoms with van der Waals surface area (Å²) in [6.45, 7) is 2.99. The first-order valence-corrected chi connectivity index (χ1v) is 7.75. The topological polar surface area (TPSA) is 20.3 Å². The Bertz CT molecular complexity index is 413. The number of hydrogen-bond donors (Lipinski definition) is 0. The van der Waals surface area contributed by atoms with Gasteiger partial charge in [-0.2, -0.15) is 0 Å². The van der Waals surface area contributed by atoms with Crippen LogP contribution in [0.25, 0.3) is 0 Å². The molecule has 2 nitrogen and oxygen atoms in total. The molecule has 0 radical (unpaired) electrons. The lowest BCUT2D eigenvalue weighted by atomic mass is 9.98. The first-order valence-electron chi connectivity index (χ1n) is 7.22. The van der Waals surface area contributed by atoms with Crippen LogP contribution in [0.2, 0.25) is 0 Å². The van der Waals surface area contributed by atoms with Crippen LogP contribution in [0.15, 0.2) is 24.3 Å². The predicted molar refractivity (Wildman–Crippen MR) is 79.8 cm³/mol. The highest BCUT2D eigenvalue weighted by molar-refractivity contribution is 6.17. The van der Waals surface area contributed by atoms with E-state index in [0.29, 0.717) is 11.9 Å². The van der Waals surface area contributed by atoms with Gasteiger partial charge in [0.15, 0.2) is 0 Å². The summed E-state index contributed by atoms with van der Waals surface area (Å²) in [5.74, 6) is 0.793. The van der Waals surface area contributed by atoms with Crippen molar-refractivity contribution in [2.24, 2.45) is 0 Å². The van der Waals surface area contributed by atoms with E-state index in [4.69, 9.17) is 11.6 Å². The fourth-order valence-corrected chi connectivity index (χ4v) is 2.99. The van der Waals surface area contributed by atoms with Crippen LogP contribution in [0.1, 0.15) is 48.5 Å². The largest absolute Gasteiger partial charge is 0.336 e. The highest BCUT2D eigenvalue weighted by Gasteiger charge is 2.26. The SMILES string of the molecule is CCc1ccc(C(=O)N2CCCCC2CCCl)cc1. The lowest BCUT2D eigenvalue weighted by Gasteiger charge is -2.35. The van der Waals surface area contributed by atoms with Crippen LogP contribution >= 0.6 is 11.6 Å². The van der Waals surface area contributed by atoms with E-state index in [1.807, 2.05) is 29.2 Å². The lowest BCUT2D eigenvalue weighted by Crippen LogP contribution is -2.43. The fraction of sp³-hybridized carbons (Fsp3) is 0.562. The summed E-state index contributed by atoms with van der Waals surface area (Å²) < 4.78 is 0. The van der Waals surface area contributed by atoms with E-state index in [1.54, 1.807) is 0 Å². The molecule has 1 heterocycles. The highest BCUT2D eigenvalue weighted by atomic mass is 35.5. The second kappa shape index (κ2) is 6.95. The molecule has 0 aromatic heterocycles. The van der Waals surface area contributed by atoms with Crippen molar-refractivity contribution in [1.29, 1.82) is 0 Å². The first-order chi connectivity index (χ1) is 9.26. The minimum atomic E-state index is 0.164. The summed E-state index contributed by atoms with van der Waals surface area (Å²) in [6, 6.07) is 8.33. The molecule has 1 aromatic rings. The average molecular weight is 280 g/mol. The third kappa shape index (κ3) is 3.50. The van der Waals surface area contributed by atoms with Crippen molar-refractivity contribution in [2.45, 2.75) is 45.1 Å². The zero-order valence-electron chi connectivity index (χ0n) is 11.6. The Hall–Kier alpha value is -1.02. The molecule has 1 aromatic carbocycles. The molecule has 104 valence electrons. The molecule has 0 saturated carbocycles. The summed E-state index contributed by atoms with van der Waals surface area (Å²) in [4.78, 5) is 14.6. The number of amides is 1. The number of piperidine rings is 1.